The molecule has 0 radical (unpaired) electrons. The molecule has 1 aliphatic rings. The molecule has 1 amide bonds. The Labute approximate surface area is 141 Å². The van der Waals surface area contributed by atoms with Crippen LogP contribution >= 0.6 is 0 Å². The van der Waals surface area contributed by atoms with E-state index in [4.69, 9.17) is 9.84 Å². The number of hydrogen-bond donors (Lipinski definition) is 1. The number of ether oxygens (including phenoxy) is 1. The fraction of sp³-hybridized carbons (Fsp3) is 0.500. The minimum atomic E-state index is -3.06. The lowest BCUT2D eigenvalue weighted by Gasteiger charge is -2.24. The highest BCUT2D eigenvalue weighted by atomic mass is 32.2. The van der Waals surface area contributed by atoms with Crippen LogP contribution in [0.3, 0.4) is 0 Å². The van der Waals surface area contributed by atoms with Gasteiger partial charge in [-0.1, -0.05) is 0 Å². The number of nitrogens with zero attached hydrogens (tertiary/aromatic N) is 1. The maximum Gasteiger partial charge on any atom is 0.341 e. The molecule has 0 aliphatic carbocycles. The van der Waals surface area contributed by atoms with Crippen molar-refractivity contribution < 1.29 is 27.9 Å². The van der Waals surface area contributed by atoms with Gasteiger partial charge in [0.25, 0.3) is 5.91 Å². The third-order valence-corrected chi connectivity index (χ3v) is 5.87. The fourth-order valence-electron chi connectivity index (χ4n) is 2.89. The topological polar surface area (TPSA) is 101 Å². The molecule has 7 nitrogen and oxygen atoms in total. The van der Waals surface area contributed by atoms with Gasteiger partial charge in [-0.25, -0.2) is 13.2 Å². The summed E-state index contributed by atoms with van der Waals surface area (Å²) in [6.07, 6.45) is 0.447. The Kier molecular flexibility index (Phi) is 5.17. The van der Waals surface area contributed by atoms with E-state index in [-0.39, 0.29) is 23.5 Å². The van der Waals surface area contributed by atoms with E-state index in [0.29, 0.717) is 28.9 Å². The minimum Gasteiger partial charge on any atom is -0.481 e. The maximum absolute atomic E-state index is 12.6. The molecule has 1 aliphatic heterocycles. The Balaban J connectivity index is 2.19. The quantitative estimate of drug-likeness (QED) is 0.846. The van der Waals surface area contributed by atoms with Crippen molar-refractivity contribution >= 4 is 21.7 Å². The first-order valence-electron chi connectivity index (χ1n) is 7.54. The summed E-state index contributed by atoms with van der Waals surface area (Å²) < 4.78 is 28.4. The van der Waals surface area contributed by atoms with Crippen molar-refractivity contribution in [1.29, 1.82) is 0 Å². The summed E-state index contributed by atoms with van der Waals surface area (Å²) in [6, 6.07) is 2.95. The molecule has 24 heavy (non-hydrogen) atoms. The number of benzene rings is 1. The van der Waals surface area contributed by atoms with Crippen LogP contribution < -0.4 is 4.74 Å². The summed E-state index contributed by atoms with van der Waals surface area (Å²) in [4.78, 5) is 24.7. The first-order chi connectivity index (χ1) is 11.1. The van der Waals surface area contributed by atoms with Crippen molar-refractivity contribution in [2.75, 3.05) is 25.2 Å². The third-order valence-electron chi connectivity index (χ3n) is 4.12. The van der Waals surface area contributed by atoms with Crippen LogP contribution in [0, 0.1) is 13.8 Å². The van der Waals surface area contributed by atoms with Gasteiger partial charge >= 0.3 is 5.97 Å². The van der Waals surface area contributed by atoms with Crippen molar-refractivity contribution in [2.24, 2.45) is 0 Å². The number of carbonyl (C=O) groups excluding carboxylic acids is 1. The fourth-order valence-corrected chi connectivity index (χ4v) is 4.66. The first kappa shape index (κ1) is 18.3. The van der Waals surface area contributed by atoms with Gasteiger partial charge in [0.05, 0.1) is 11.5 Å². The van der Waals surface area contributed by atoms with Crippen molar-refractivity contribution in [3.8, 4) is 5.75 Å². The molecule has 0 saturated carbocycles. The molecule has 0 aromatic heterocycles. The summed E-state index contributed by atoms with van der Waals surface area (Å²) in [6.45, 7) is 3.02. The molecule has 1 unspecified atom stereocenters. The second-order valence-electron chi connectivity index (χ2n) is 6.09. The standard InChI is InChI=1S/C16H21NO6S/c1-10-6-12(7-11(2)15(10)23-8-14(18)19)16(20)17(3)13-4-5-24(21,22)9-13/h6-7,13H,4-5,8-9H2,1-3H3,(H,18,19). The Morgan fingerprint density at radius 3 is 2.33 bits per heavy atom. The van der Waals surface area contributed by atoms with Crippen molar-refractivity contribution in [3.63, 3.8) is 0 Å². The van der Waals surface area contributed by atoms with E-state index in [2.05, 4.69) is 0 Å². The van der Waals surface area contributed by atoms with Gasteiger partial charge in [-0.05, 0) is 43.5 Å². The lowest BCUT2D eigenvalue weighted by molar-refractivity contribution is -0.139. The van der Waals surface area contributed by atoms with E-state index in [1.807, 2.05) is 0 Å². The van der Waals surface area contributed by atoms with Gasteiger partial charge in [-0.2, -0.15) is 0 Å². The zero-order valence-electron chi connectivity index (χ0n) is 13.9. The third kappa shape index (κ3) is 4.05. The Morgan fingerprint density at radius 2 is 1.88 bits per heavy atom. The van der Waals surface area contributed by atoms with Gasteiger partial charge in [0.15, 0.2) is 16.4 Å². The second-order valence-corrected chi connectivity index (χ2v) is 8.32. The highest BCUT2D eigenvalue weighted by Crippen LogP contribution is 2.26. The summed E-state index contributed by atoms with van der Waals surface area (Å²) in [5.74, 6) is -0.785. The molecule has 1 atom stereocenters. The molecule has 0 spiro atoms. The molecule has 1 fully saturated rings. The van der Waals surface area contributed by atoms with E-state index >= 15 is 0 Å². The van der Waals surface area contributed by atoms with Crippen LogP contribution in [-0.4, -0.2) is 61.5 Å². The van der Waals surface area contributed by atoms with Crippen LogP contribution in [0.15, 0.2) is 12.1 Å². The van der Waals surface area contributed by atoms with E-state index in [1.54, 1.807) is 33.0 Å². The molecular formula is C16H21NO6S. The number of carboxylic acid groups (broad SMARTS) is 1. The normalized spacial score (nSPS) is 19.0. The van der Waals surface area contributed by atoms with Gasteiger partial charge in [0.2, 0.25) is 0 Å². The summed E-state index contributed by atoms with van der Waals surface area (Å²) in [5, 5.41) is 8.70. The average Bonchev–Trinajstić information content (AvgIpc) is 2.84. The van der Waals surface area contributed by atoms with Crippen molar-refractivity contribution in [2.45, 2.75) is 26.3 Å². The van der Waals surface area contributed by atoms with Crippen LogP contribution in [0.25, 0.3) is 0 Å². The van der Waals surface area contributed by atoms with E-state index in [1.165, 1.54) is 4.90 Å². The maximum atomic E-state index is 12.6. The predicted octanol–water partition coefficient (Wildman–Crippen LogP) is 1.03. The van der Waals surface area contributed by atoms with Crippen molar-refractivity contribution in [3.05, 3.63) is 28.8 Å². The Morgan fingerprint density at radius 1 is 1.29 bits per heavy atom. The van der Waals surface area contributed by atoms with Gasteiger partial charge < -0.3 is 14.7 Å². The van der Waals surface area contributed by atoms with Gasteiger partial charge in [-0.3, -0.25) is 4.79 Å². The number of aliphatic carboxylic acids is 1. The van der Waals surface area contributed by atoms with E-state index in [9.17, 15) is 18.0 Å². The highest BCUT2D eigenvalue weighted by molar-refractivity contribution is 7.91. The minimum absolute atomic E-state index is 0.00693. The van der Waals surface area contributed by atoms with E-state index < -0.39 is 22.4 Å². The summed E-state index contributed by atoms with van der Waals surface area (Å²) >= 11 is 0. The SMILES string of the molecule is Cc1cc(C(=O)N(C)C2CCS(=O)(=O)C2)cc(C)c1OCC(=O)O. The van der Waals surface area contributed by atoms with Gasteiger partial charge in [0, 0.05) is 18.7 Å². The number of aryl methyl sites for hydroxylation is 2. The van der Waals surface area contributed by atoms with Gasteiger partial charge in [-0.15, -0.1) is 0 Å². The average molecular weight is 355 g/mol. The predicted molar refractivity (Wildman–Crippen MR) is 88.2 cm³/mol. The number of amides is 1. The lowest BCUT2D eigenvalue weighted by Crippen LogP contribution is -2.37. The lowest BCUT2D eigenvalue weighted by atomic mass is 10.0. The number of carbonyl (C=O) groups is 2. The monoisotopic (exact) mass is 355 g/mol. The molecule has 132 valence electrons. The number of carboxylic acids is 1. The Hall–Kier alpha value is -2.09. The van der Waals surface area contributed by atoms with Crippen molar-refractivity contribution in [1.82, 2.24) is 4.90 Å². The van der Waals surface area contributed by atoms with Gasteiger partial charge in [0.1, 0.15) is 5.75 Å². The molecule has 1 aromatic carbocycles. The molecular weight excluding hydrogens is 334 g/mol. The largest absolute Gasteiger partial charge is 0.481 e. The zero-order chi connectivity index (χ0) is 18.1. The highest BCUT2D eigenvalue weighted by Gasteiger charge is 2.33. The number of sulfone groups is 1. The van der Waals surface area contributed by atoms with Crippen LogP contribution in [-0.2, 0) is 14.6 Å². The van der Waals surface area contributed by atoms with Crippen LogP contribution in [0.2, 0.25) is 0 Å². The molecule has 8 heteroatoms. The zero-order valence-corrected chi connectivity index (χ0v) is 14.7. The first-order valence-corrected chi connectivity index (χ1v) is 9.36. The molecule has 0 bridgehead atoms. The second kappa shape index (κ2) is 6.80. The Bertz CT molecular complexity index is 748. The molecule has 1 aromatic rings. The molecule has 1 heterocycles. The smallest absolute Gasteiger partial charge is 0.341 e. The molecule has 1 saturated heterocycles. The van der Waals surface area contributed by atoms with Crippen LogP contribution in [0.1, 0.15) is 27.9 Å². The molecule has 2 rings (SSSR count). The number of hydrogen-bond acceptors (Lipinski definition) is 5. The number of rotatable bonds is 5. The molecule has 1 N–H and O–H groups in total. The summed E-state index contributed by atoms with van der Waals surface area (Å²) in [7, 11) is -1.46. The van der Waals surface area contributed by atoms with E-state index in [0.717, 1.165) is 0 Å². The summed E-state index contributed by atoms with van der Waals surface area (Å²) in [5.41, 5.74) is 1.75. The van der Waals surface area contributed by atoms with Crippen LogP contribution in [0.5, 0.6) is 5.75 Å². The van der Waals surface area contributed by atoms with Crippen LogP contribution in [0.4, 0.5) is 0 Å².